The number of nitrogens with zero attached hydrogens (tertiary/aromatic N) is 2. The summed E-state index contributed by atoms with van der Waals surface area (Å²) in [4.78, 5) is 16.0. The molecule has 2 unspecified atom stereocenters. The molecule has 2 saturated heterocycles. The second-order valence-electron chi connectivity index (χ2n) is 6.87. The lowest BCUT2D eigenvalue weighted by molar-refractivity contribution is -0.188. The minimum atomic E-state index is -4.23. The van der Waals surface area contributed by atoms with E-state index in [4.69, 9.17) is 11.6 Å². The van der Waals surface area contributed by atoms with E-state index < -0.39 is 12.1 Å². The Morgan fingerprint density at radius 1 is 1.16 bits per heavy atom. The van der Waals surface area contributed by atoms with Crippen LogP contribution in [0.25, 0.3) is 0 Å². The number of benzene rings is 1. The Morgan fingerprint density at radius 2 is 1.88 bits per heavy atom. The topological polar surface area (TPSA) is 23.6 Å². The highest BCUT2D eigenvalue weighted by Crippen LogP contribution is 2.36. The maximum atomic E-state index is 12.9. The molecule has 1 aromatic rings. The van der Waals surface area contributed by atoms with E-state index in [-0.39, 0.29) is 31.5 Å². The molecule has 0 aliphatic carbocycles. The fourth-order valence-electron chi connectivity index (χ4n) is 3.86. The molecule has 2 aliphatic rings. The van der Waals surface area contributed by atoms with Crippen LogP contribution in [0.3, 0.4) is 0 Å². The number of amides is 1. The highest BCUT2D eigenvalue weighted by molar-refractivity contribution is 6.31. The highest BCUT2D eigenvalue weighted by atomic mass is 35.5. The van der Waals surface area contributed by atoms with Crippen LogP contribution in [0.1, 0.15) is 37.3 Å². The third kappa shape index (κ3) is 4.29. The predicted molar refractivity (Wildman–Crippen MR) is 90.4 cm³/mol. The SMILES string of the molecule is O=C(CN1CCCC1c1ccccc1Cl)N1CCCC(C(F)(F)F)C1. The highest BCUT2D eigenvalue weighted by Gasteiger charge is 2.43. The summed E-state index contributed by atoms with van der Waals surface area (Å²) >= 11 is 6.28. The largest absolute Gasteiger partial charge is 0.393 e. The third-order valence-corrected chi connectivity index (χ3v) is 5.55. The number of piperidine rings is 1. The summed E-state index contributed by atoms with van der Waals surface area (Å²) < 4.78 is 38.8. The van der Waals surface area contributed by atoms with Crippen LogP contribution in [0.4, 0.5) is 13.2 Å². The van der Waals surface area contributed by atoms with E-state index in [0.717, 1.165) is 24.9 Å². The van der Waals surface area contributed by atoms with Crippen LogP contribution in [0.2, 0.25) is 5.02 Å². The number of halogens is 4. The third-order valence-electron chi connectivity index (χ3n) is 5.20. The van der Waals surface area contributed by atoms with Gasteiger partial charge in [-0.3, -0.25) is 9.69 Å². The molecular weight excluding hydrogens is 353 g/mol. The lowest BCUT2D eigenvalue weighted by Gasteiger charge is -2.35. The molecule has 0 radical (unpaired) electrons. The normalized spacial score (nSPS) is 25.4. The van der Waals surface area contributed by atoms with E-state index in [2.05, 4.69) is 0 Å². The van der Waals surface area contributed by atoms with Gasteiger partial charge in [0.15, 0.2) is 0 Å². The molecule has 138 valence electrons. The van der Waals surface area contributed by atoms with Crippen molar-refractivity contribution < 1.29 is 18.0 Å². The van der Waals surface area contributed by atoms with E-state index in [1.54, 1.807) is 0 Å². The summed E-state index contributed by atoms with van der Waals surface area (Å²) in [6, 6.07) is 7.62. The average molecular weight is 375 g/mol. The maximum absolute atomic E-state index is 12.9. The molecule has 0 N–H and O–H groups in total. The van der Waals surface area contributed by atoms with Gasteiger partial charge in [0.25, 0.3) is 0 Å². The van der Waals surface area contributed by atoms with Crippen LogP contribution >= 0.6 is 11.6 Å². The Labute approximate surface area is 150 Å². The molecule has 2 fully saturated rings. The molecule has 1 aromatic carbocycles. The predicted octanol–water partition coefficient (Wildman–Crippen LogP) is 4.28. The van der Waals surface area contributed by atoms with Gasteiger partial charge < -0.3 is 4.90 Å². The molecular formula is C18H22ClF3N2O. The van der Waals surface area contributed by atoms with Crippen LogP contribution in [0.15, 0.2) is 24.3 Å². The fourth-order valence-corrected chi connectivity index (χ4v) is 4.12. The first-order valence-electron chi connectivity index (χ1n) is 8.69. The van der Waals surface area contributed by atoms with Crippen LogP contribution in [-0.4, -0.2) is 48.1 Å². The quantitative estimate of drug-likeness (QED) is 0.788. The molecule has 0 saturated carbocycles. The molecule has 3 nitrogen and oxygen atoms in total. The first-order chi connectivity index (χ1) is 11.9. The standard InChI is InChI=1S/C18H22ClF3N2O/c19-15-7-2-1-6-14(15)16-8-4-9-23(16)12-17(25)24-10-3-5-13(11-24)18(20,21)22/h1-2,6-7,13,16H,3-5,8-12H2. The fraction of sp³-hybridized carbons (Fsp3) is 0.611. The van der Waals surface area contributed by atoms with Crippen molar-refractivity contribution >= 4 is 17.5 Å². The van der Waals surface area contributed by atoms with E-state index >= 15 is 0 Å². The molecule has 2 atom stereocenters. The van der Waals surface area contributed by atoms with Crippen LogP contribution in [0.5, 0.6) is 0 Å². The lowest BCUT2D eigenvalue weighted by atomic mass is 9.97. The van der Waals surface area contributed by atoms with Crippen LogP contribution in [0, 0.1) is 5.92 Å². The second kappa shape index (κ2) is 7.54. The van der Waals surface area contributed by atoms with Crippen LogP contribution in [-0.2, 0) is 4.79 Å². The Balaban J connectivity index is 1.65. The van der Waals surface area contributed by atoms with Crippen molar-refractivity contribution in [1.29, 1.82) is 0 Å². The number of rotatable bonds is 3. The molecule has 0 spiro atoms. The molecule has 1 amide bonds. The van der Waals surface area contributed by atoms with Gasteiger partial charge in [-0.25, -0.2) is 0 Å². The number of hydrogen-bond acceptors (Lipinski definition) is 2. The van der Waals surface area contributed by atoms with Gasteiger partial charge in [0.05, 0.1) is 12.5 Å². The van der Waals surface area contributed by atoms with Gasteiger partial charge >= 0.3 is 6.18 Å². The number of likely N-dealkylation sites (tertiary alicyclic amines) is 2. The number of carbonyl (C=O) groups is 1. The summed E-state index contributed by atoms with van der Waals surface area (Å²) in [6.45, 7) is 1.11. The number of carbonyl (C=O) groups excluding carboxylic acids is 1. The van der Waals surface area contributed by atoms with Crippen molar-refractivity contribution in [3.63, 3.8) is 0 Å². The minimum absolute atomic E-state index is 0.0563. The van der Waals surface area contributed by atoms with Gasteiger partial charge in [-0.2, -0.15) is 13.2 Å². The van der Waals surface area contributed by atoms with Gasteiger partial charge in [0.2, 0.25) is 5.91 Å². The molecule has 2 heterocycles. The van der Waals surface area contributed by atoms with Crippen molar-refractivity contribution in [2.24, 2.45) is 5.92 Å². The molecule has 0 aromatic heterocycles. The molecule has 2 aliphatic heterocycles. The van der Waals surface area contributed by atoms with E-state index in [9.17, 15) is 18.0 Å². The van der Waals surface area contributed by atoms with Gasteiger partial charge in [-0.1, -0.05) is 29.8 Å². The van der Waals surface area contributed by atoms with Gasteiger partial charge in [0.1, 0.15) is 0 Å². The summed E-state index contributed by atoms with van der Waals surface area (Å²) in [5, 5.41) is 0.668. The average Bonchev–Trinajstić information content (AvgIpc) is 3.02. The van der Waals surface area contributed by atoms with Crippen molar-refractivity contribution in [2.45, 2.75) is 37.9 Å². The first-order valence-corrected chi connectivity index (χ1v) is 9.07. The zero-order valence-corrected chi connectivity index (χ0v) is 14.7. The van der Waals surface area contributed by atoms with Gasteiger partial charge in [-0.15, -0.1) is 0 Å². The minimum Gasteiger partial charge on any atom is -0.341 e. The molecule has 7 heteroatoms. The number of hydrogen-bond donors (Lipinski definition) is 0. The smallest absolute Gasteiger partial charge is 0.341 e. The van der Waals surface area contributed by atoms with E-state index in [1.807, 2.05) is 29.2 Å². The lowest BCUT2D eigenvalue weighted by Crippen LogP contribution is -2.48. The zero-order valence-electron chi connectivity index (χ0n) is 13.9. The Morgan fingerprint density at radius 3 is 2.60 bits per heavy atom. The number of alkyl halides is 3. The van der Waals surface area contributed by atoms with E-state index in [1.165, 1.54) is 4.90 Å². The summed E-state index contributed by atoms with van der Waals surface area (Å²) in [5.41, 5.74) is 0.987. The summed E-state index contributed by atoms with van der Waals surface area (Å²) in [5.74, 6) is -1.61. The van der Waals surface area contributed by atoms with Gasteiger partial charge in [0, 0.05) is 24.2 Å². The summed E-state index contributed by atoms with van der Waals surface area (Å²) in [6.07, 6.45) is -1.85. The maximum Gasteiger partial charge on any atom is 0.393 e. The monoisotopic (exact) mass is 374 g/mol. The Hall–Kier alpha value is -1.27. The van der Waals surface area contributed by atoms with Crippen LogP contribution < -0.4 is 0 Å². The first kappa shape index (κ1) is 18.5. The second-order valence-corrected chi connectivity index (χ2v) is 7.28. The van der Waals surface area contributed by atoms with Gasteiger partial charge in [-0.05, 0) is 43.9 Å². The molecule has 0 bridgehead atoms. The van der Waals surface area contributed by atoms with Crippen molar-refractivity contribution in [3.8, 4) is 0 Å². The van der Waals surface area contributed by atoms with Crippen molar-refractivity contribution in [1.82, 2.24) is 9.80 Å². The Kier molecular flexibility index (Phi) is 5.58. The molecule has 3 rings (SSSR count). The van der Waals surface area contributed by atoms with Crippen molar-refractivity contribution in [2.75, 3.05) is 26.2 Å². The Bertz CT molecular complexity index is 623. The van der Waals surface area contributed by atoms with Crippen molar-refractivity contribution in [3.05, 3.63) is 34.9 Å². The molecule has 25 heavy (non-hydrogen) atoms. The summed E-state index contributed by atoms with van der Waals surface area (Å²) in [7, 11) is 0. The van der Waals surface area contributed by atoms with E-state index in [0.29, 0.717) is 18.0 Å². The zero-order chi connectivity index (χ0) is 18.0.